The van der Waals surface area contributed by atoms with E-state index < -0.39 is 12.1 Å². The Bertz CT molecular complexity index is 826. The highest BCUT2D eigenvalue weighted by Crippen LogP contribution is 2.32. The maximum atomic E-state index is 12.5. The molecule has 170 valence electrons. The summed E-state index contributed by atoms with van der Waals surface area (Å²) in [6, 6.07) is 7.79. The summed E-state index contributed by atoms with van der Waals surface area (Å²) >= 11 is 6.25. The number of nitrogens with zero attached hydrogens (tertiary/aromatic N) is 2. The number of thioether (sulfide) groups is 1. The van der Waals surface area contributed by atoms with Crippen molar-refractivity contribution in [3.8, 4) is 0 Å². The van der Waals surface area contributed by atoms with Crippen LogP contribution in [0, 0.1) is 0 Å². The summed E-state index contributed by atoms with van der Waals surface area (Å²) in [5, 5.41) is 1.74. The number of hydrogen-bond acceptors (Lipinski definition) is 5. The zero-order valence-electron chi connectivity index (χ0n) is 17.5. The predicted octanol–water partition coefficient (Wildman–Crippen LogP) is 4.58. The minimum atomic E-state index is -4.95. The van der Waals surface area contributed by atoms with Gasteiger partial charge in [0.1, 0.15) is 4.32 Å². The molecule has 0 spiro atoms. The maximum Gasteiger partial charge on any atom is 0.471 e. The Morgan fingerprint density at radius 2 is 1.90 bits per heavy atom. The number of benzene rings is 1. The van der Waals surface area contributed by atoms with Crippen molar-refractivity contribution < 1.29 is 22.8 Å². The van der Waals surface area contributed by atoms with Crippen molar-refractivity contribution >= 4 is 51.9 Å². The molecule has 0 radical (unpaired) electrons. The van der Waals surface area contributed by atoms with E-state index in [4.69, 9.17) is 12.2 Å². The molecule has 10 heteroatoms. The summed E-state index contributed by atoms with van der Waals surface area (Å²) in [5.74, 6) is -2.42. The predicted molar refractivity (Wildman–Crippen MR) is 123 cm³/mol. The Morgan fingerprint density at radius 3 is 2.52 bits per heavy atom. The van der Waals surface area contributed by atoms with Crippen molar-refractivity contribution in [2.45, 2.75) is 38.8 Å². The van der Waals surface area contributed by atoms with Crippen LogP contribution in [0.4, 0.5) is 18.9 Å². The van der Waals surface area contributed by atoms with Gasteiger partial charge in [-0.1, -0.05) is 62.3 Å². The van der Waals surface area contributed by atoms with Gasteiger partial charge in [0.2, 0.25) is 0 Å². The number of carbonyl (C=O) groups excluding carboxylic acids is 2. The van der Waals surface area contributed by atoms with Crippen LogP contribution in [0.15, 0.2) is 29.2 Å². The Morgan fingerprint density at radius 1 is 1.23 bits per heavy atom. The molecule has 0 saturated carbocycles. The summed E-state index contributed by atoms with van der Waals surface area (Å²) in [4.78, 5) is 27.2. The van der Waals surface area contributed by atoms with Crippen LogP contribution in [0.1, 0.15) is 38.2 Å². The number of hydrogen-bond donors (Lipinski definition) is 1. The fourth-order valence-corrected chi connectivity index (χ4v) is 4.26. The van der Waals surface area contributed by atoms with Gasteiger partial charge in [0.15, 0.2) is 0 Å². The molecular formula is C21H26F3N3O2S2. The molecule has 0 aromatic heterocycles. The number of carbonyl (C=O) groups is 2. The van der Waals surface area contributed by atoms with E-state index in [1.165, 1.54) is 24.2 Å². The first-order valence-electron chi connectivity index (χ1n) is 10.0. The summed E-state index contributed by atoms with van der Waals surface area (Å²) < 4.78 is 37.0. The first-order chi connectivity index (χ1) is 14.6. The summed E-state index contributed by atoms with van der Waals surface area (Å²) in [6.07, 6.45) is 1.54. The average molecular weight is 474 g/mol. The molecule has 1 aliphatic rings. The minimum absolute atomic E-state index is 0.119. The normalized spacial score (nSPS) is 15.6. The number of nitrogens with one attached hydrogen (secondary N) is 1. The Hall–Kier alpha value is -2.07. The number of anilines is 1. The molecular weight excluding hydrogens is 447 g/mol. The van der Waals surface area contributed by atoms with Crippen molar-refractivity contribution in [2.24, 2.45) is 0 Å². The van der Waals surface area contributed by atoms with E-state index in [-0.39, 0.29) is 23.3 Å². The van der Waals surface area contributed by atoms with Crippen molar-refractivity contribution in [3.63, 3.8) is 0 Å². The third-order valence-corrected chi connectivity index (χ3v) is 6.11. The lowest BCUT2D eigenvalue weighted by Gasteiger charge is -2.19. The van der Waals surface area contributed by atoms with Gasteiger partial charge in [0, 0.05) is 32.4 Å². The van der Waals surface area contributed by atoms with Crippen molar-refractivity contribution in [2.75, 3.05) is 31.6 Å². The highest BCUT2D eigenvalue weighted by molar-refractivity contribution is 8.26. The van der Waals surface area contributed by atoms with Gasteiger partial charge >= 0.3 is 12.1 Å². The van der Waals surface area contributed by atoms with E-state index in [2.05, 4.69) is 11.8 Å². The van der Waals surface area contributed by atoms with E-state index in [9.17, 15) is 22.8 Å². The summed E-state index contributed by atoms with van der Waals surface area (Å²) in [7, 11) is 2.05. The van der Waals surface area contributed by atoms with E-state index in [0.29, 0.717) is 4.91 Å². The second kappa shape index (κ2) is 11.5. The summed E-state index contributed by atoms with van der Waals surface area (Å²) in [5.41, 5.74) is 1.91. The monoisotopic (exact) mass is 473 g/mol. The molecule has 1 saturated heterocycles. The highest BCUT2D eigenvalue weighted by Gasteiger charge is 2.38. The quantitative estimate of drug-likeness (QED) is 0.306. The molecule has 2 rings (SSSR count). The van der Waals surface area contributed by atoms with Gasteiger partial charge in [0.25, 0.3) is 5.91 Å². The first kappa shape index (κ1) is 25.2. The molecule has 0 unspecified atom stereocenters. The Balaban J connectivity index is 1.92. The standard InChI is InChI=1S/C21H26F3N3O2S2/c1-3-4-5-6-12-26(2)16-9-7-15(8-10-16)14-17-18(28)27(20(30)31-17)13-11-25-19(29)21(22,23)24/h7-10,14H,3-6,11-13H2,1-2H3,(H,25,29). The fraction of sp³-hybridized carbons (Fsp3) is 0.476. The van der Waals surface area contributed by atoms with Gasteiger partial charge in [-0.05, 0) is 30.2 Å². The van der Waals surface area contributed by atoms with Gasteiger partial charge in [-0.3, -0.25) is 14.5 Å². The minimum Gasteiger partial charge on any atom is -0.375 e. The summed E-state index contributed by atoms with van der Waals surface area (Å²) in [6.45, 7) is 2.70. The number of thiocarbonyl (C=S) groups is 1. The van der Waals surface area contributed by atoms with Gasteiger partial charge in [0.05, 0.1) is 4.91 Å². The molecule has 1 aromatic rings. The van der Waals surface area contributed by atoms with Gasteiger partial charge in [-0.25, -0.2) is 0 Å². The molecule has 1 heterocycles. The van der Waals surface area contributed by atoms with Gasteiger partial charge in [-0.15, -0.1) is 0 Å². The van der Waals surface area contributed by atoms with Crippen LogP contribution >= 0.6 is 24.0 Å². The molecule has 31 heavy (non-hydrogen) atoms. The molecule has 1 fully saturated rings. The molecule has 2 amide bonds. The number of alkyl halides is 3. The maximum absolute atomic E-state index is 12.5. The van der Waals surface area contributed by atoms with Crippen LogP contribution < -0.4 is 10.2 Å². The second-order valence-electron chi connectivity index (χ2n) is 7.16. The Kier molecular flexibility index (Phi) is 9.36. The van der Waals surface area contributed by atoms with Crippen LogP contribution in [0.25, 0.3) is 6.08 Å². The van der Waals surface area contributed by atoms with Crippen LogP contribution in [0.2, 0.25) is 0 Å². The lowest BCUT2D eigenvalue weighted by Crippen LogP contribution is -2.42. The second-order valence-corrected chi connectivity index (χ2v) is 8.84. The van der Waals surface area contributed by atoms with E-state index in [0.717, 1.165) is 36.0 Å². The van der Waals surface area contributed by atoms with Crippen molar-refractivity contribution in [1.29, 1.82) is 0 Å². The zero-order chi connectivity index (χ0) is 23.0. The number of amides is 2. The number of unbranched alkanes of at least 4 members (excludes halogenated alkanes) is 3. The highest BCUT2D eigenvalue weighted by atomic mass is 32.2. The molecule has 0 atom stereocenters. The molecule has 1 N–H and O–H groups in total. The number of rotatable bonds is 10. The lowest BCUT2D eigenvalue weighted by molar-refractivity contribution is -0.173. The molecule has 0 bridgehead atoms. The van der Waals surface area contributed by atoms with E-state index in [1.54, 1.807) is 11.4 Å². The SMILES string of the molecule is CCCCCCN(C)c1ccc(C=C2SC(=S)N(CCNC(=O)C(F)(F)F)C2=O)cc1. The number of halogens is 3. The molecule has 5 nitrogen and oxygen atoms in total. The third-order valence-electron chi connectivity index (χ3n) is 4.73. The van der Waals surface area contributed by atoms with Gasteiger partial charge in [-0.2, -0.15) is 13.2 Å². The average Bonchev–Trinajstić information content (AvgIpc) is 2.98. The van der Waals surface area contributed by atoms with Crippen LogP contribution in [0.3, 0.4) is 0 Å². The lowest BCUT2D eigenvalue weighted by atomic mass is 10.1. The van der Waals surface area contributed by atoms with E-state index >= 15 is 0 Å². The first-order valence-corrected chi connectivity index (χ1v) is 11.3. The van der Waals surface area contributed by atoms with Gasteiger partial charge < -0.3 is 10.2 Å². The van der Waals surface area contributed by atoms with Crippen LogP contribution in [0.5, 0.6) is 0 Å². The topological polar surface area (TPSA) is 52.6 Å². The van der Waals surface area contributed by atoms with E-state index in [1.807, 2.05) is 31.3 Å². The van der Waals surface area contributed by atoms with Crippen LogP contribution in [-0.2, 0) is 9.59 Å². The molecule has 0 aliphatic carbocycles. The van der Waals surface area contributed by atoms with Crippen LogP contribution in [-0.4, -0.2) is 53.9 Å². The van der Waals surface area contributed by atoms with Crippen molar-refractivity contribution in [3.05, 3.63) is 34.7 Å². The fourth-order valence-electron chi connectivity index (χ4n) is 2.96. The molecule has 1 aromatic carbocycles. The van der Waals surface area contributed by atoms with Crippen molar-refractivity contribution in [1.82, 2.24) is 10.2 Å². The molecule has 1 aliphatic heterocycles. The largest absolute Gasteiger partial charge is 0.471 e. The zero-order valence-corrected chi connectivity index (χ0v) is 19.1. The third kappa shape index (κ3) is 7.53. The smallest absolute Gasteiger partial charge is 0.375 e. The Labute approximate surface area is 190 Å².